The molecule has 0 radical (unpaired) electrons. The van der Waals surface area contributed by atoms with Gasteiger partial charge in [-0.15, -0.1) is 16.4 Å². The summed E-state index contributed by atoms with van der Waals surface area (Å²) < 4.78 is 1.75. The minimum atomic E-state index is -0.0268. The van der Waals surface area contributed by atoms with E-state index < -0.39 is 0 Å². The zero-order chi connectivity index (χ0) is 13.7. The van der Waals surface area contributed by atoms with Crippen molar-refractivity contribution in [1.82, 2.24) is 25.3 Å². The first-order chi connectivity index (χ1) is 9.20. The SMILES string of the molecule is CCc1nc(C)sc1C(=O)NCCCn1ccnn1. The summed E-state index contributed by atoms with van der Waals surface area (Å²) in [5.74, 6) is -0.0268. The fourth-order valence-corrected chi connectivity index (χ4v) is 2.69. The van der Waals surface area contributed by atoms with Crippen LogP contribution in [-0.4, -0.2) is 32.4 Å². The lowest BCUT2D eigenvalue weighted by atomic mass is 10.3. The summed E-state index contributed by atoms with van der Waals surface area (Å²) in [6.07, 6.45) is 5.07. The molecular formula is C12H17N5OS. The van der Waals surface area contributed by atoms with Crippen molar-refractivity contribution in [3.05, 3.63) is 28.0 Å². The monoisotopic (exact) mass is 279 g/mol. The first-order valence-corrected chi connectivity index (χ1v) is 7.11. The summed E-state index contributed by atoms with van der Waals surface area (Å²) in [6, 6.07) is 0. The van der Waals surface area contributed by atoms with E-state index in [1.165, 1.54) is 11.3 Å². The van der Waals surface area contributed by atoms with Crippen LogP contribution in [0.1, 0.15) is 33.7 Å². The van der Waals surface area contributed by atoms with Gasteiger partial charge < -0.3 is 5.32 Å². The van der Waals surface area contributed by atoms with Crippen LogP contribution in [-0.2, 0) is 13.0 Å². The molecule has 2 rings (SSSR count). The highest BCUT2D eigenvalue weighted by Crippen LogP contribution is 2.18. The zero-order valence-electron chi connectivity index (χ0n) is 11.1. The summed E-state index contributed by atoms with van der Waals surface area (Å²) in [5.41, 5.74) is 0.885. The number of carbonyl (C=O) groups excluding carboxylic acids is 1. The predicted octanol–water partition coefficient (Wildman–Crippen LogP) is 1.43. The standard InChI is InChI=1S/C12H17N5OS/c1-3-10-11(19-9(2)15-10)12(18)13-5-4-7-17-8-6-14-16-17/h6,8H,3-5,7H2,1-2H3,(H,13,18). The molecule has 0 fully saturated rings. The first-order valence-electron chi connectivity index (χ1n) is 6.29. The Hall–Kier alpha value is -1.76. The molecule has 2 aromatic heterocycles. The van der Waals surface area contributed by atoms with Crippen molar-refractivity contribution >= 4 is 17.2 Å². The molecule has 7 heteroatoms. The number of hydrogen-bond acceptors (Lipinski definition) is 5. The van der Waals surface area contributed by atoms with E-state index in [4.69, 9.17) is 0 Å². The minimum absolute atomic E-state index is 0.0268. The van der Waals surface area contributed by atoms with E-state index in [2.05, 4.69) is 20.6 Å². The van der Waals surface area contributed by atoms with Crippen LogP contribution in [0.2, 0.25) is 0 Å². The van der Waals surface area contributed by atoms with Gasteiger partial charge in [-0.3, -0.25) is 9.48 Å². The van der Waals surface area contributed by atoms with Gasteiger partial charge >= 0.3 is 0 Å². The van der Waals surface area contributed by atoms with Crippen LogP contribution in [0, 0.1) is 6.92 Å². The van der Waals surface area contributed by atoms with E-state index in [1.807, 2.05) is 20.0 Å². The number of rotatable bonds is 6. The number of nitrogens with zero attached hydrogens (tertiary/aromatic N) is 4. The average Bonchev–Trinajstić information content (AvgIpc) is 3.03. The van der Waals surface area contributed by atoms with Crippen molar-refractivity contribution in [2.75, 3.05) is 6.54 Å². The lowest BCUT2D eigenvalue weighted by Crippen LogP contribution is -2.25. The van der Waals surface area contributed by atoms with E-state index >= 15 is 0 Å². The van der Waals surface area contributed by atoms with E-state index in [1.54, 1.807) is 10.9 Å². The second kappa shape index (κ2) is 6.42. The third-order valence-electron chi connectivity index (χ3n) is 2.67. The Bertz CT molecular complexity index is 534. The van der Waals surface area contributed by atoms with Crippen molar-refractivity contribution in [2.24, 2.45) is 0 Å². The maximum Gasteiger partial charge on any atom is 0.263 e. The quantitative estimate of drug-likeness (QED) is 0.812. The molecule has 1 amide bonds. The van der Waals surface area contributed by atoms with Gasteiger partial charge in [0.2, 0.25) is 0 Å². The van der Waals surface area contributed by atoms with Crippen LogP contribution in [0.3, 0.4) is 0 Å². The highest BCUT2D eigenvalue weighted by molar-refractivity contribution is 7.13. The number of aryl methyl sites for hydroxylation is 3. The van der Waals surface area contributed by atoms with Crippen molar-refractivity contribution in [3.8, 4) is 0 Å². The second-order valence-corrected chi connectivity index (χ2v) is 5.34. The number of nitrogens with one attached hydrogen (secondary N) is 1. The molecule has 0 unspecified atom stereocenters. The maximum absolute atomic E-state index is 12.0. The smallest absolute Gasteiger partial charge is 0.263 e. The van der Waals surface area contributed by atoms with Crippen LogP contribution in [0.15, 0.2) is 12.4 Å². The Balaban J connectivity index is 1.80. The van der Waals surface area contributed by atoms with Crippen molar-refractivity contribution in [3.63, 3.8) is 0 Å². The number of hydrogen-bond donors (Lipinski definition) is 1. The number of aromatic nitrogens is 4. The lowest BCUT2D eigenvalue weighted by molar-refractivity contribution is 0.0955. The van der Waals surface area contributed by atoms with Crippen LogP contribution in [0.4, 0.5) is 0 Å². The minimum Gasteiger partial charge on any atom is -0.351 e. The molecule has 0 aliphatic rings. The van der Waals surface area contributed by atoms with Gasteiger partial charge in [-0.2, -0.15) is 0 Å². The fourth-order valence-electron chi connectivity index (χ4n) is 1.76. The molecule has 0 aliphatic carbocycles. The highest BCUT2D eigenvalue weighted by atomic mass is 32.1. The second-order valence-electron chi connectivity index (χ2n) is 4.14. The number of amides is 1. The van der Waals surface area contributed by atoms with Gasteiger partial charge in [-0.05, 0) is 19.8 Å². The van der Waals surface area contributed by atoms with Gasteiger partial charge in [-0.1, -0.05) is 12.1 Å². The molecule has 0 aliphatic heterocycles. The number of carbonyl (C=O) groups is 1. The molecule has 0 bridgehead atoms. The van der Waals surface area contributed by atoms with E-state index in [0.717, 1.165) is 35.0 Å². The summed E-state index contributed by atoms with van der Waals surface area (Å²) in [6.45, 7) is 5.31. The van der Waals surface area contributed by atoms with Gasteiger partial charge in [0.05, 0.1) is 16.9 Å². The summed E-state index contributed by atoms with van der Waals surface area (Å²) in [5, 5.41) is 11.5. The molecule has 0 saturated heterocycles. The van der Waals surface area contributed by atoms with Crippen molar-refractivity contribution < 1.29 is 4.79 Å². The van der Waals surface area contributed by atoms with E-state index in [0.29, 0.717) is 6.54 Å². The van der Waals surface area contributed by atoms with Crippen LogP contribution in [0.5, 0.6) is 0 Å². The number of thiazole rings is 1. The lowest BCUT2D eigenvalue weighted by Gasteiger charge is -2.04. The van der Waals surface area contributed by atoms with Crippen molar-refractivity contribution in [2.45, 2.75) is 33.2 Å². The van der Waals surface area contributed by atoms with Gasteiger partial charge in [0, 0.05) is 19.3 Å². The molecule has 0 saturated carbocycles. The van der Waals surface area contributed by atoms with E-state index in [-0.39, 0.29) is 5.91 Å². The molecule has 102 valence electrons. The van der Waals surface area contributed by atoms with Crippen LogP contribution >= 0.6 is 11.3 Å². The third-order valence-corrected chi connectivity index (χ3v) is 3.68. The predicted molar refractivity (Wildman–Crippen MR) is 73.2 cm³/mol. The zero-order valence-corrected chi connectivity index (χ0v) is 11.9. The topological polar surface area (TPSA) is 72.7 Å². The Kier molecular flexibility index (Phi) is 4.62. The van der Waals surface area contributed by atoms with Crippen molar-refractivity contribution in [1.29, 1.82) is 0 Å². The molecule has 0 atom stereocenters. The third kappa shape index (κ3) is 3.60. The molecule has 0 aromatic carbocycles. The molecule has 0 spiro atoms. The van der Waals surface area contributed by atoms with Gasteiger partial charge in [-0.25, -0.2) is 4.98 Å². The Morgan fingerprint density at radius 2 is 2.37 bits per heavy atom. The Labute approximate surface area is 115 Å². The first kappa shape index (κ1) is 13.7. The van der Waals surface area contributed by atoms with Crippen LogP contribution in [0.25, 0.3) is 0 Å². The maximum atomic E-state index is 12.0. The molecule has 2 heterocycles. The van der Waals surface area contributed by atoms with Gasteiger partial charge in [0.15, 0.2) is 0 Å². The van der Waals surface area contributed by atoms with Gasteiger partial charge in [0.25, 0.3) is 5.91 Å². The molecule has 1 N–H and O–H groups in total. The average molecular weight is 279 g/mol. The Morgan fingerprint density at radius 3 is 3.05 bits per heavy atom. The molecule has 6 nitrogen and oxygen atoms in total. The summed E-state index contributed by atoms with van der Waals surface area (Å²) >= 11 is 1.45. The van der Waals surface area contributed by atoms with Crippen LogP contribution < -0.4 is 5.32 Å². The fraction of sp³-hybridized carbons (Fsp3) is 0.500. The Morgan fingerprint density at radius 1 is 1.53 bits per heavy atom. The molecule has 2 aromatic rings. The van der Waals surface area contributed by atoms with E-state index in [9.17, 15) is 4.79 Å². The normalized spacial score (nSPS) is 10.6. The summed E-state index contributed by atoms with van der Waals surface area (Å²) in [7, 11) is 0. The molecule has 19 heavy (non-hydrogen) atoms. The largest absolute Gasteiger partial charge is 0.351 e. The summed E-state index contributed by atoms with van der Waals surface area (Å²) in [4.78, 5) is 17.1. The van der Waals surface area contributed by atoms with Gasteiger partial charge in [0.1, 0.15) is 4.88 Å². The molecular weight excluding hydrogens is 262 g/mol. The highest BCUT2D eigenvalue weighted by Gasteiger charge is 2.14.